The van der Waals surface area contributed by atoms with Gasteiger partial charge in [0.2, 0.25) is 0 Å². The summed E-state index contributed by atoms with van der Waals surface area (Å²) in [6.45, 7) is 0. The number of carboxylic acids is 1. The average Bonchev–Trinajstić information content (AvgIpc) is 2.41. The van der Waals surface area contributed by atoms with E-state index in [4.69, 9.17) is 5.11 Å². The zero-order chi connectivity index (χ0) is 14.7. The number of carbonyl (C=O) groups is 1. The van der Waals surface area contributed by atoms with Gasteiger partial charge in [0.05, 0.1) is 22.1 Å². The van der Waals surface area contributed by atoms with E-state index in [1.165, 1.54) is 12.1 Å². The minimum absolute atomic E-state index is 0.0207. The lowest BCUT2D eigenvalue weighted by molar-refractivity contribution is 0.0696. The van der Waals surface area contributed by atoms with E-state index in [9.17, 15) is 13.4 Å². The highest BCUT2D eigenvalue weighted by atomic mass is 79.9. The summed E-state index contributed by atoms with van der Waals surface area (Å²) in [7, 11) is -1.44. The van der Waals surface area contributed by atoms with Gasteiger partial charge in [-0.3, -0.25) is 4.21 Å². The molecule has 0 fully saturated rings. The first-order valence-electron chi connectivity index (χ1n) is 5.63. The molecule has 2 rings (SSSR count). The van der Waals surface area contributed by atoms with E-state index in [0.717, 1.165) is 10.5 Å². The summed E-state index contributed by atoms with van der Waals surface area (Å²) in [6.07, 6.45) is 0. The second-order valence-corrected chi connectivity index (χ2v) is 6.43. The molecule has 0 aromatic heterocycles. The quantitative estimate of drug-likeness (QED) is 0.910. The van der Waals surface area contributed by atoms with Gasteiger partial charge >= 0.3 is 5.97 Å². The molecule has 0 heterocycles. The summed E-state index contributed by atoms with van der Waals surface area (Å²) in [4.78, 5) is 11.4. The van der Waals surface area contributed by atoms with Crippen molar-refractivity contribution < 1.29 is 18.5 Å². The minimum atomic E-state index is -1.44. The van der Waals surface area contributed by atoms with Crippen LogP contribution in [0.4, 0.5) is 4.39 Å². The first-order valence-corrected chi connectivity index (χ1v) is 7.74. The first-order chi connectivity index (χ1) is 9.47. The Morgan fingerprint density at radius 3 is 2.65 bits per heavy atom. The Labute approximate surface area is 126 Å². The maximum absolute atomic E-state index is 13.7. The van der Waals surface area contributed by atoms with Gasteiger partial charge in [-0.2, -0.15) is 0 Å². The highest BCUT2D eigenvalue weighted by Gasteiger charge is 2.12. The van der Waals surface area contributed by atoms with Gasteiger partial charge in [-0.25, -0.2) is 9.18 Å². The number of hydrogen-bond donors (Lipinski definition) is 1. The molecule has 3 nitrogen and oxygen atoms in total. The smallest absolute Gasteiger partial charge is 0.335 e. The summed E-state index contributed by atoms with van der Waals surface area (Å²) < 4.78 is 26.6. The molecule has 0 bridgehead atoms. The van der Waals surface area contributed by atoms with Gasteiger partial charge in [-0.15, -0.1) is 0 Å². The van der Waals surface area contributed by atoms with Crippen molar-refractivity contribution in [2.24, 2.45) is 0 Å². The van der Waals surface area contributed by atoms with Gasteiger partial charge in [0.25, 0.3) is 0 Å². The van der Waals surface area contributed by atoms with Gasteiger partial charge in [0, 0.05) is 14.9 Å². The van der Waals surface area contributed by atoms with Crippen LogP contribution in [0.5, 0.6) is 0 Å². The van der Waals surface area contributed by atoms with E-state index < -0.39 is 22.6 Å². The molecule has 0 radical (unpaired) electrons. The Morgan fingerprint density at radius 1 is 1.25 bits per heavy atom. The molecular weight excluding hydrogens is 347 g/mol. The van der Waals surface area contributed by atoms with Crippen molar-refractivity contribution >= 4 is 32.7 Å². The Morgan fingerprint density at radius 2 is 2.00 bits per heavy atom. The summed E-state index contributed by atoms with van der Waals surface area (Å²) in [5, 5.41) is 8.88. The van der Waals surface area contributed by atoms with Gasteiger partial charge in [-0.1, -0.05) is 22.0 Å². The monoisotopic (exact) mass is 356 g/mol. The van der Waals surface area contributed by atoms with Crippen molar-refractivity contribution in [1.82, 2.24) is 0 Å². The normalized spacial score (nSPS) is 12.1. The van der Waals surface area contributed by atoms with Crippen LogP contribution in [-0.2, 0) is 16.6 Å². The lowest BCUT2D eigenvalue weighted by atomic mass is 10.1. The summed E-state index contributed by atoms with van der Waals surface area (Å²) >= 11 is 3.27. The van der Waals surface area contributed by atoms with Gasteiger partial charge in [0.1, 0.15) is 5.82 Å². The molecule has 0 saturated heterocycles. The van der Waals surface area contributed by atoms with Crippen LogP contribution < -0.4 is 0 Å². The number of benzene rings is 2. The van der Waals surface area contributed by atoms with E-state index >= 15 is 0 Å². The number of rotatable bonds is 4. The predicted octanol–water partition coefficient (Wildman–Crippen LogP) is 3.59. The minimum Gasteiger partial charge on any atom is -0.478 e. The van der Waals surface area contributed by atoms with Gasteiger partial charge in [0.15, 0.2) is 0 Å². The molecule has 0 aliphatic carbocycles. The molecule has 20 heavy (non-hydrogen) atoms. The number of aromatic carboxylic acids is 1. The van der Waals surface area contributed by atoms with E-state index in [0.29, 0.717) is 4.90 Å². The molecule has 1 N–H and O–H groups in total. The third-order valence-corrected chi connectivity index (χ3v) is 4.48. The molecule has 2 aromatic rings. The lowest BCUT2D eigenvalue weighted by Crippen LogP contribution is -2.03. The highest BCUT2D eigenvalue weighted by molar-refractivity contribution is 9.10. The first kappa shape index (κ1) is 14.9. The zero-order valence-corrected chi connectivity index (χ0v) is 12.6. The molecule has 0 amide bonds. The van der Waals surface area contributed by atoms with Crippen LogP contribution in [0.25, 0.3) is 0 Å². The lowest BCUT2D eigenvalue weighted by Gasteiger charge is -2.06. The van der Waals surface area contributed by atoms with Crippen molar-refractivity contribution in [3.8, 4) is 0 Å². The van der Waals surface area contributed by atoms with Crippen molar-refractivity contribution in [3.63, 3.8) is 0 Å². The topological polar surface area (TPSA) is 54.4 Å². The number of hydrogen-bond acceptors (Lipinski definition) is 2. The van der Waals surface area contributed by atoms with Crippen LogP contribution in [0.15, 0.2) is 51.8 Å². The van der Waals surface area contributed by atoms with Crippen molar-refractivity contribution in [3.05, 3.63) is 63.9 Å². The van der Waals surface area contributed by atoms with Crippen molar-refractivity contribution in [1.29, 1.82) is 0 Å². The van der Waals surface area contributed by atoms with E-state index in [1.54, 1.807) is 24.3 Å². The third kappa shape index (κ3) is 3.52. The van der Waals surface area contributed by atoms with Crippen LogP contribution in [0.3, 0.4) is 0 Å². The van der Waals surface area contributed by atoms with Crippen molar-refractivity contribution in [2.75, 3.05) is 0 Å². The van der Waals surface area contributed by atoms with Gasteiger partial charge < -0.3 is 5.11 Å². The maximum atomic E-state index is 13.7. The fourth-order valence-corrected chi connectivity index (χ4v) is 3.36. The highest BCUT2D eigenvalue weighted by Crippen LogP contribution is 2.19. The molecule has 0 spiro atoms. The Kier molecular flexibility index (Phi) is 4.67. The Hall–Kier alpha value is -1.53. The van der Waals surface area contributed by atoms with Gasteiger partial charge in [-0.05, 0) is 36.4 Å². The molecule has 0 aliphatic heterocycles. The van der Waals surface area contributed by atoms with E-state index in [-0.39, 0.29) is 16.9 Å². The second-order valence-electron chi connectivity index (χ2n) is 4.06. The van der Waals surface area contributed by atoms with Crippen LogP contribution in [0, 0.1) is 5.82 Å². The summed E-state index contributed by atoms with van der Waals surface area (Å²) in [5.74, 6) is -1.76. The summed E-state index contributed by atoms with van der Waals surface area (Å²) in [5.41, 5.74) is 0.107. The molecule has 6 heteroatoms. The summed E-state index contributed by atoms with van der Waals surface area (Å²) in [6, 6.07) is 10.4. The molecule has 1 atom stereocenters. The van der Waals surface area contributed by atoms with Crippen LogP contribution >= 0.6 is 15.9 Å². The van der Waals surface area contributed by atoms with Crippen LogP contribution in [0.1, 0.15) is 15.9 Å². The Bertz CT molecular complexity index is 688. The fraction of sp³-hybridized carbons (Fsp3) is 0.0714. The predicted molar refractivity (Wildman–Crippen MR) is 77.6 cm³/mol. The van der Waals surface area contributed by atoms with E-state index in [1.807, 2.05) is 0 Å². The third-order valence-electron chi connectivity index (χ3n) is 2.64. The molecule has 104 valence electrons. The molecule has 1 unspecified atom stereocenters. The van der Waals surface area contributed by atoms with Crippen LogP contribution in [-0.4, -0.2) is 15.3 Å². The van der Waals surface area contributed by atoms with Crippen LogP contribution in [0.2, 0.25) is 0 Å². The van der Waals surface area contributed by atoms with Crippen molar-refractivity contribution in [2.45, 2.75) is 10.6 Å². The standard InChI is InChI=1S/C14H10BrFO3S/c15-11-2-1-3-12(7-11)20(19)8-10-6-9(14(17)18)4-5-13(10)16/h1-7H,8H2,(H,17,18). The largest absolute Gasteiger partial charge is 0.478 e. The number of carboxylic acid groups (broad SMARTS) is 1. The second kappa shape index (κ2) is 6.28. The zero-order valence-electron chi connectivity index (χ0n) is 10.2. The maximum Gasteiger partial charge on any atom is 0.335 e. The molecule has 2 aromatic carbocycles. The number of halogens is 2. The molecular formula is C14H10BrFO3S. The molecule has 0 saturated carbocycles. The Balaban J connectivity index is 2.27. The SMILES string of the molecule is O=C(O)c1ccc(F)c(CS(=O)c2cccc(Br)c2)c1. The van der Waals surface area contributed by atoms with E-state index in [2.05, 4.69) is 15.9 Å². The average molecular weight is 357 g/mol. The molecule has 0 aliphatic rings. The fourth-order valence-electron chi connectivity index (χ4n) is 1.65.